The van der Waals surface area contributed by atoms with E-state index >= 15 is 0 Å². The van der Waals surface area contributed by atoms with E-state index in [1.165, 1.54) is 5.56 Å². The van der Waals surface area contributed by atoms with Crippen LogP contribution in [0.15, 0.2) is 43.0 Å². The van der Waals surface area contributed by atoms with Gasteiger partial charge in [0.05, 0.1) is 18.1 Å². The molecule has 2 aromatic rings. The first-order valence-electron chi connectivity index (χ1n) is 10.6. The Hall–Kier alpha value is -2.21. The average molecular weight is 476 g/mol. The number of hydrogen-bond acceptors (Lipinski definition) is 5. The molecule has 2 aliphatic rings. The topological polar surface area (TPSA) is 48.0 Å². The summed E-state index contributed by atoms with van der Waals surface area (Å²) in [6.45, 7) is 7.79. The van der Waals surface area contributed by atoms with Gasteiger partial charge >= 0.3 is 5.97 Å². The van der Waals surface area contributed by atoms with E-state index in [4.69, 9.17) is 37.4 Å². The molecule has 0 N–H and O–H groups in total. The summed E-state index contributed by atoms with van der Waals surface area (Å²) >= 11 is 12.1. The van der Waals surface area contributed by atoms with E-state index in [-0.39, 0.29) is 11.5 Å². The molecule has 0 bridgehead atoms. The minimum absolute atomic E-state index is 0.234. The number of methoxy groups -OCH3 is 1. The Labute approximate surface area is 198 Å². The second-order valence-electron chi connectivity index (χ2n) is 8.58. The monoisotopic (exact) mass is 475 g/mol. The Morgan fingerprint density at radius 3 is 2.72 bits per heavy atom. The zero-order valence-corrected chi connectivity index (χ0v) is 20.0. The van der Waals surface area contributed by atoms with Crippen molar-refractivity contribution in [2.45, 2.75) is 43.9 Å². The largest absolute Gasteiger partial charge is 0.493 e. The van der Waals surface area contributed by atoms with E-state index in [0.717, 1.165) is 30.8 Å². The maximum absolute atomic E-state index is 12.7. The van der Waals surface area contributed by atoms with Crippen molar-refractivity contribution in [1.29, 1.82) is 0 Å². The van der Waals surface area contributed by atoms with Gasteiger partial charge in [-0.25, -0.2) is 4.79 Å². The van der Waals surface area contributed by atoms with Crippen LogP contribution in [0.2, 0.25) is 10.0 Å². The molecule has 4 rings (SSSR count). The van der Waals surface area contributed by atoms with E-state index in [9.17, 15) is 4.79 Å². The van der Waals surface area contributed by atoms with Gasteiger partial charge in [-0.05, 0) is 56.8 Å². The number of carbonyl (C=O) groups is 1. The van der Waals surface area contributed by atoms with Crippen molar-refractivity contribution in [3.63, 3.8) is 0 Å². The maximum atomic E-state index is 12.7. The predicted molar refractivity (Wildman–Crippen MR) is 126 cm³/mol. The van der Waals surface area contributed by atoms with Crippen LogP contribution in [0.5, 0.6) is 11.5 Å². The highest BCUT2D eigenvalue weighted by Crippen LogP contribution is 2.54. The molecular weight excluding hydrogens is 449 g/mol. The highest BCUT2D eigenvalue weighted by Gasteiger charge is 2.51. The van der Waals surface area contributed by atoms with Gasteiger partial charge in [0.1, 0.15) is 12.2 Å². The molecule has 0 radical (unpaired) electrons. The van der Waals surface area contributed by atoms with E-state index in [0.29, 0.717) is 27.8 Å². The first-order chi connectivity index (χ1) is 15.3. The van der Waals surface area contributed by atoms with Crippen molar-refractivity contribution in [3.8, 4) is 11.5 Å². The Morgan fingerprint density at radius 2 is 2.06 bits per heavy atom. The van der Waals surface area contributed by atoms with Crippen LogP contribution in [-0.4, -0.2) is 43.8 Å². The predicted octanol–water partition coefficient (Wildman–Crippen LogP) is 5.66. The molecule has 5 nitrogen and oxygen atoms in total. The normalized spacial score (nSPS) is 23.0. The van der Waals surface area contributed by atoms with Crippen LogP contribution in [-0.2, 0) is 16.7 Å². The summed E-state index contributed by atoms with van der Waals surface area (Å²) in [5, 5.41) is 0.777. The number of nitrogens with zero attached hydrogens (tertiary/aromatic N) is 1. The van der Waals surface area contributed by atoms with Crippen molar-refractivity contribution in [3.05, 3.63) is 69.7 Å². The summed E-state index contributed by atoms with van der Waals surface area (Å²) in [6.07, 6.45) is 2.73. The first-order valence-corrected chi connectivity index (χ1v) is 11.4. The molecular formula is C25H27Cl2NO4. The number of rotatable bonds is 6. The fraction of sp³-hybridized carbons (Fsp3) is 0.400. The third-order valence-electron chi connectivity index (χ3n) is 6.39. The molecule has 0 spiro atoms. The fourth-order valence-electron chi connectivity index (χ4n) is 4.83. The summed E-state index contributed by atoms with van der Waals surface area (Å²) in [6, 6.07) is 8.74. The molecule has 0 aliphatic carbocycles. The molecule has 0 fully saturated rings. The van der Waals surface area contributed by atoms with Crippen LogP contribution >= 0.6 is 23.2 Å². The van der Waals surface area contributed by atoms with Crippen molar-refractivity contribution in [1.82, 2.24) is 4.90 Å². The Morgan fingerprint density at radius 1 is 1.34 bits per heavy atom. The molecule has 0 aromatic heterocycles. The number of ether oxygens (including phenoxy) is 3. The van der Waals surface area contributed by atoms with Crippen LogP contribution < -0.4 is 9.47 Å². The van der Waals surface area contributed by atoms with Gasteiger partial charge < -0.3 is 19.1 Å². The molecule has 170 valence electrons. The second-order valence-corrected chi connectivity index (χ2v) is 9.45. The van der Waals surface area contributed by atoms with E-state index < -0.39 is 12.1 Å². The van der Waals surface area contributed by atoms with E-state index in [1.807, 2.05) is 19.1 Å². The number of carbonyl (C=O) groups excluding carboxylic acids is 1. The van der Waals surface area contributed by atoms with Gasteiger partial charge in [-0.3, -0.25) is 0 Å². The van der Waals surface area contributed by atoms with Crippen molar-refractivity contribution >= 4 is 29.2 Å². The smallest absolute Gasteiger partial charge is 0.338 e. The van der Waals surface area contributed by atoms with Crippen molar-refractivity contribution in [2.24, 2.45) is 0 Å². The van der Waals surface area contributed by atoms with Crippen LogP contribution in [0.1, 0.15) is 41.3 Å². The number of esters is 1. The van der Waals surface area contributed by atoms with Gasteiger partial charge in [0.15, 0.2) is 11.5 Å². The average Bonchev–Trinajstić information content (AvgIpc) is 2.97. The Kier molecular flexibility index (Phi) is 6.44. The van der Waals surface area contributed by atoms with Crippen LogP contribution in [0.4, 0.5) is 0 Å². The van der Waals surface area contributed by atoms with Gasteiger partial charge in [0.25, 0.3) is 0 Å². The molecule has 3 atom stereocenters. The first kappa shape index (κ1) is 23.0. The summed E-state index contributed by atoms with van der Waals surface area (Å²) in [7, 11) is 3.76. The van der Waals surface area contributed by atoms with Crippen LogP contribution in [0, 0.1) is 0 Å². The third-order valence-corrected chi connectivity index (χ3v) is 6.83. The standard InChI is InChI=1S/C25H27Cl2NO4/c1-5-25-8-9-28(3)14-16-6-7-20(30-4)23(22(16)25)32-21(25)10-15(2)31-24(29)17-11-18(26)13-19(27)12-17/h5-7,11-13,15,21H,1,8-10,14H2,2-4H3/t15-,21?,25-/m0/s1. The van der Waals surface area contributed by atoms with Crippen molar-refractivity contribution in [2.75, 3.05) is 20.7 Å². The third kappa shape index (κ3) is 4.09. The number of benzene rings is 2. The zero-order valence-electron chi connectivity index (χ0n) is 18.5. The Balaban J connectivity index is 1.60. The highest BCUT2D eigenvalue weighted by molar-refractivity contribution is 6.35. The van der Waals surface area contributed by atoms with Gasteiger partial charge in [-0.2, -0.15) is 0 Å². The number of hydrogen-bond donors (Lipinski definition) is 0. The zero-order chi connectivity index (χ0) is 23.0. The van der Waals surface area contributed by atoms with Gasteiger partial charge in [0, 0.05) is 28.6 Å². The molecule has 2 aromatic carbocycles. The lowest BCUT2D eigenvalue weighted by molar-refractivity contribution is 0.0186. The molecule has 32 heavy (non-hydrogen) atoms. The molecule has 1 unspecified atom stereocenters. The van der Waals surface area contributed by atoms with Gasteiger partial charge in [-0.1, -0.05) is 35.3 Å². The summed E-state index contributed by atoms with van der Waals surface area (Å²) in [5.74, 6) is 1.01. The minimum atomic E-state index is -0.469. The molecule has 2 heterocycles. The quantitative estimate of drug-likeness (QED) is 0.398. The van der Waals surface area contributed by atoms with Crippen LogP contribution in [0.25, 0.3) is 0 Å². The lowest BCUT2D eigenvalue weighted by atomic mass is 9.72. The maximum Gasteiger partial charge on any atom is 0.338 e. The second kappa shape index (κ2) is 8.97. The minimum Gasteiger partial charge on any atom is -0.493 e. The Bertz CT molecular complexity index is 1040. The molecule has 7 heteroatoms. The summed E-state index contributed by atoms with van der Waals surface area (Å²) in [5.41, 5.74) is 2.29. The van der Waals surface area contributed by atoms with E-state index in [1.54, 1.807) is 25.3 Å². The van der Waals surface area contributed by atoms with Crippen LogP contribution in [0.3, 0.4) is 0 Å². The van der Waals surface area contributed by atoms with Gasteiger partial charge in [-0.15, -0.1) is 6.58 Å². The lowest BCUT2D eigenvalue weighted by Gasteiger charge is -2.32. The molecule has 2 aliphatic heterocycles. The summed E-state index contributed by atoms with van der Waals surface area (Å²) in [4.78, 5) is 15.0. The SMILES string of the molecule is C=C[C@@]12CCN(C)Cc3ccc(OC)c(c31)OC2C[C@H](C)OC(=O)c1cc(Cl)cc(Cl)c1. The van der Waals surface area contributed by atoms with E-state index in [2.05, 4.69) is 24.6 Å². The highest BCUT2D eigenvalue weighted by atomic mass is 35.5. The molecule has 0 amide bonds. The lowest BCUT2D eigenvalue weighted by Crippen LogP contribution is -2.40. The molecule has 0 saturated carbocycles. The fourth-order valence-corrected chi connectivity index (χ4v) is 5.36. The number of halogens is 2. The molecule has 0 saturated heterocycles. The summed E-state index contributed by atoms with van der Waals surface area (Å²) < 4.78 is 17.8. The van der Waals surface area contributed by atoms with Gasteiger partial charge in [0.2, 0.25) is 0 Å². The van der Waals surface area contributed by atoms with Crippen molar-refractivity contribution < 1.29 is 19.0 Å².